The zero-order chi connectivity index (χ0) is 12.7. The van der Waals surface area contributed by atoms with Crippen molar-refractivity contribution in [1.29, 1.82) is 0 Å². The first-order chi connectivity index (χ1) is 9.43. The number of fused-ring (bicyclic) bond motifs is 1. The molecule has 0 atom stereocenters. The van der Waals surface area contributed by atoms with Crippen LogP contribution in [0.15, 0.2) is 39.8 Å². The van der Waals surface area contributed by atoms with Gasteiger partial charge in [0.25, 0.3) is 0 Å². The molecule has 19 heavy (non-hydrogen) atoms. The van der Waals surface area contributed by atoms with Gasteiger partial charge in [-0.25, -0.2) is 9.67 Å². The van der Waals surface area contributed by atoms with Crippen LogP contribution in [0.1, 0.15) is 17.7 Å². The maximum Gasteiger partial charge on any atom is 0.247 e. The Balaban J connectivity index is 1.97. The molecule has 0 spiro atoms. The molecular weight excluding hydrogens is 258 g/mol. The third kappa shape index (κ3) is 1.66. The zero-order valence-corrected chi connectivity index (χ0v) is 10.9. The normalized spacial score (nSPS) is 13.7. The fraction of sp³-hybridized carbons (Fsp3) is 0.143. The number of nitrogens with zero attached hydrogens (tertiary/aromatic N) is 3. The predicted molar refractivity (Wildman–Crippen MR) is 74.3 cm³/mol. The summed E-state index contributed by atoms with van der Waals surface area (Å²) in [5.41, 5.74) is 4.28. The smallest absolute Gasteiger partial charge is 0.247 e. The molecular formula is C14H11N3OS. The summed E-state index contributed by atoms with van der Waals surface area (Å²) in [4.78, 5) is 4.22. The summed E-state index contributed by atoms with van der Waals surface area (Å²) in [6.07, 6.45) is 9.57. The quantitative estimate of drug-likeness (QED) is 0.714. The van der Waals surface area contributed by atoms with Crippen LogP contribution in [0.2, 0.25) is 0 Å². The van der Waals surface area contributed by atoms with Crippen molar-refractivity contribution in [2.75, 3.05) is 0 Å². The highest BCUT2D eigenvalue weighted by Crippen LogP contribution is 2.31. The second kappa shape index (κ2) is 4.20. The van der Waals surface area contributed by atoms with E-state index in [-0.39, 0.29) is 0 Å². The molecule has 0 saturated heterocycles. The van der Waals surface area contributed by atoms with Crippen LogP contribution in [-0.4, -0.2) is 14.8 Å². The van der Waals surface area contributed by atoms with Crippen LogP contribution in [0.4, 0.5) is 0 Å². The van der Waals surface area contributed by atoms with Gasteiger partial charge in [0.05, 0.1) is 17.6 Å². The van der Waals surface area contributed by atoms with E-state index < -0.39 is 0 Å². The van der Waals surface area contributed by atoms with Crippen molar-refractivity contribution in [2.24, 2.45) is 0 Å². The lowest BCUT2D eigenvalue weighted by atomic mass is 10.0. The summed E-state index contributed by atoms with van der Waals surface area (Å²) in [6.45, 7) is 0. The Morgan fingerprint density at radius 1 is 1.37 bits per heavy atom. The lowest BCUT2D eigenvalue weighted by Gasteiger charge is -2.08. The first-order valence-electron chi connectivity index (χ1n) is 6.14. The minimum absolute atomic E-state index is 0.580. The number of hydrogen-bond donors (Lipinski definition) is 0. The summed E-state index contributed by atoms with van der Waals surface area (Å²) >= 11 is 1.67. The molecule has 94 valence electrons. The van der Waals surface area contributed by atoms with Gasteiger partial charge in [-0.05, 0) is 24.3 Å². The van der Waals surface area contributed by atoms with Gasteiger partial charge in [0.2, 0.25) is 5.89 Å². The molecule has 0 N–H and O–H groups in total. The van der Waals surface area contributed by atoms with E-state index in [0.29, 0.717) is 5.89 Å². The standard InChI is InChI=1S/C14H11N3OS/c1-2-4-12-11(3-1)13(14-15-6-7-18-14)16-17(12)10-5-8-19-9-10/h1,3,5-9H,2,4H2. The molecule has 0 aromatic carbocycles. The number of aromatic nitrogens is 3. The SMILES string of the molecule is C1=Cc2c(-c3ncco3)nn(-c3ccsc3)c2CC1. The van der Waals surface area contributed by atoms with E-state index in [0.717, 1.165) is 29.8 Å². The van der Waals surface area contributed by atoms with Crippen LogP contribution in [0.3, 0.4) is 0 Å². The highest BCUT2D eigenvalue weighted by molar-refractivity contribution is 7.08. The summed E-state index contributed by atoms with van der Waals surface area (Å²) < 4.78 is 7.41. The van der Waals surface area contributed by atoms with Crippen molar-refractivity contribution >= 4 is 17.4 Å². The van der Waals surface area contributed by atoms with E-state index in [2.05, 4.69) is 34.0 Å². The van der Waals surface area contributed by atoms with Crippen molar-refractivity contribution in [3.05, 3.63) is 46.6 Å². The Bertz CT molecular complexity index is 723. The van der Waals surface area contributed by atoms with Gasteiger partial charge in [-0.3, -0.25) is 0 Å². The predicted octanol–water partition coefficient (Wildman–Crippen LogP) is 3.55. The monoisotopic (exact) mass is 269 g/mol. The number of rotatable bonds is 2. The molecule has 0 amide bonds. The lowest BCUT2D eigenvalue weighted by molar-refractivity contribution is 0.571. The van der Waals surface area contributed by atoms with Gasteiger partial charge in [0, 0.05) is 10.9 Å². The zero-order valence-electron chi connectivity index (χ0n) is 10.1. The van der Waals surface area contributed by atoms with E-state index in [1.54, 1.807) is 23.8 Å². The topological polar surface area (TPSA) is 43.9 Å². The molecule has 4 nitrogen and oxygen atoms in total. The molecule has 0 saturated carbocycles. The van der Waals surface area contributed by atoms with Gasteiger partial charge in [0.15, 0.2) is 5.69 Å². The van der Waals surface area contributed by atoms with Crippen LogP contribution in [0.25, 0.3) is 23.3 Å². The van der Waals surface area contributed by atoms with Crippen molar-refractivity contribution in [2.45, 2.75) is 12.8 Å². The Hall–Kier alpha value is -2.14. The van der Waals surface area contributed by atoms with Crippen LogP contribution >= 0.6 is 11.3 Å². The Morgan fingerprint density at radius 3 is 3.16 bits per heavy atom. The highest BCUT2D eigenvalue weighted by atomic mass is 32.1. The van der Waals surface area contributed by atoms with Crippen molar-refractivity contribution in [3.63, 3.8) is 0 Å². The fourth-order valence-electron chi connectivity index (χ4n) is 2.39. The van der Waals surface area contributed by atoms with Crippen LogP contribution in [0.5, 0.6) is 0 Å². The van der Waals surface area contributed by atoms with Crippen LogP contribution < -0.4 is 0 Å². The van der Waals surface area contributed by atoms with Crippen molar-refractivity contribution < 1.29 is 4.42 Å². The average Bonchev–Trinajstić information content (AvgIpc) is 3.18. The largest absolute Gasteiger partial charge is 0.443 e. The molecule has 1 aliphatic carbocycles. The number of oxazole rings is 1. The third-order valence-corrected chi connectivity index (χ3v) is 3.91. The number of allylic oxidation sites excluding steroid dienone is 1. The van der Waals surface area contributed by atoms with Gasteiger partial charge >= 0.3 is 0 Å². The summed E-state index contributed by atoms with van der Waals surface area (Å²) in [5.74, 6) is 0.580. The van der Waals surface area contributed by atoms with E-state index in [1.165, 1.54) is 5.69 Å². The summed E-state index contributed by atoms with van der Waals surface area (Å²) in [5, 5.41) is 8.86. The molecule has 0 unspecified atom stereocenters. The number of thiophene rings is 1. The summed E-state index contributed by atoms with van der Waals surface area (Å²) in [7, 11) is 0. The third-order valence-electron chi connectivity index (χ3n) is 3.24. The van der Waals surface area contributed by atoms with Crippen molar-refractivity contribution in [3.8, 4) is 17.3 Å². The second-order valence-electron chi connectivity index (χ2n) is 4.38. The minimum atomic E-state index is 0.580. The molecule has 0 radical (unpaired) electrons. The molecule has 0 aliphatic heterocycles. The maximum atomic E-state index is 5.40. The lowest BCUT2D eigenvalue weighted by Crippen LogP contribution is -2.03. The molecule has 1 aliphatic rings. The molecule has 3 heterocycles. The second-order valence-corrected chi connectivity index (χ2v) is 5.16. The summed E-state index contributed by atoms with van der Waals surface area (Å²) in [6, 6.07) is 2.08. The van der Waals surface area contributed by atoms with Gasteiger partial charge in [-0.1, -0.05) is 12.2 Å². The van der Waals surface area contributed by atoms with Crippen LogP contribution in [-0.2, 0) is 6.42 Å². The Morgan fingerprint density at radius 2 is 2.37 bits per heavy atom. The van der Waals surface area contributed by atoms with E-state index in [9.17, 15) is 0 Å². The first kappa shape index (κ1) is 10.8. The number of hydrogen-bond acceptors (Lipinski definition) is 4. The molecule has 0 fully saturated rings. The van der Waals surface area contributed by atoms with E-state index in [1.807, 2.05) is 4.68 Å². The van der Waals surface area contributed by atoms with Gasteiger partial charge in [-0.2, -0.15) is 16.4 Å². The highest BCUT2D eigenvalue weighted by Gasteiger charge is 2.22. The Kier molecular flexibility index (Phi) is 2.38. The first-order valence-corrected chi connectivity index (χ1v) is 7.08. The van der Waals surface area contributed by atoms with Crippen molar-refractivity contribution in [1.82, 2.24) is 14.8 Å². The van der Waals surface area contributed by atoms with Gasteiger partial charge in [-0.15, -0.1) is 0 Å². The average molecular weight is 269 g/mol. The fourth-order valence-corrected chi connectivity index (χ4v) is 3.01. The molecule has 3 aromatic heterocycles. The molecule has 0 bridgehead atoms. The maximum absolute atomic E-state index is 5.40. The Labute approximate surface area is 114 Å². The van der Waals surface area contributed by atoms with Gasteiger partial charge in [0.1, 0.15) is 6.26 Å². The molecule has 5 heteroatoms. The van der Waals surface area contributed by atoms with Crippen LogP contribution in [0, 0.1) is 0 Å². The minimum Gasteiger partial charge on any atom is -0.443 e. The van der Waals surface area contributed by atoms with E-state index >= 15 is 0 Å². The molecule has 3 aromatic rings. The molecule has 4 rings (SSSR count). The van der Waals surface area contributed by atoms with E-state index in [4.69, 9.17) is 9.52 Å². The van der Waals surface area contributed by atoms with Gasteiger partial charge < -0.3 is 4.42 Å².